The van der Waals surface area contributed by atoms with E-state index in [1.54, 1.807) is 0 Å². The lowest BCUT2D eigenvalue weighted by atomic mass is 10.2. The number of carbonyl (C=O) groups excluding carboxylic acids is 2. The number of rotatable bonds is 4. The number of primary amides is 1. The monoisotopic (exact) mass is 253 g/mol. The molecule has 18 heavy (non-hydrogen) atoms. The van der Waals surface area contributed by atoms with Crippen LogP contribution in [-0.2, 0) is 4.79 Å². The zero-order valence-corrected chi connectivity index (χ0v) is 9.50. The first-order valence-electron chi connectivity index (χ1n) is 4.88. The van der Waals surface area contributed by atoms with Crippen LogP contribution >= 0.6 is 0 Å². The fourth-order valence-corrected chi connectivity index (χ4v) is 1.27. The smallest absolute Gasteiger partial charge is 0.318 e. The topological polar surface area (TPSA) is 125 Å². The number of hydrogen-bond donors (Lipinski definition) is 2. The first kappa shape index (κ1) is 13.4. The molecule has 8 heteroatoms. The number of carbonyl (C=O) groups is 2. The fraction of sp³-hybridized carbons (Fsp3) is 0.200. The van der Waals surface area contributed by atoms with Crippen molar-refractivity contribution in [3.05, 3.63) is 33.9 Å². The lowest BCUT2D eigenvalue weighted by Crippen LogP contribution is -2.38. The van der Waals surface area contributed by atoms with Crippen LogP contribution < -0.4 is 15.8 Å². The van der Waals surface area contributed by atoms with Gasteiger partial charge in [-0.15, -0.1) is 0 Å². The van der Waals surface area contributed by atoms with Gasteiger partial charge in [-0.3, -0.25) is 20.2 Å². The summed E-state index contributed by atoms with van der Waals surface area (Å²) in [5, 5.41) is 12.5. The number of imide groups is 1. The molecule has 1 aromatic rings. The van der Waals surface area contributed by atoms with Crippen LogP contribution in [0.25, 0.3) is 0 Å². The quantitative estimate of drug-likeness (QED) is 0.596. The van der Waals surface area contributed by atoms with E-state index >= 15 is 0 Å². The molecule has 0 spiro atoms. The minimum Gasteiger partial charge on any atom is -0.483 e. The lowest BCUT2D eigenvalue weighted by molar-refractivity contribution is -0.385. The van der Waals surface area contributed by atoms with Gasteiger partial charge < -0.3 is 10.5 Å². The number of amides is 3. The van der Waals surface area contributed by atoms with E-state index in [0.29, 0.717) is 5.56 Å². The molecule has 8 nitrogen and oxygen atoms in total. The Morgan fingerprint density at radius 3 is 2.72 bits per heavy atom. The number of ether oxygens (including phenoxy) is 1. The normalized spacial score (nSPS) is 9.61. The molecule has 0 aliphatic rings. The summed E-state index contributed by atoms with van der Waals surface area (Å²) < 4.78 is 5.07. The summed E-state index contributed by atoms with van der Waals surface area (Å²) in [4.78, 5) is 31.6. The Labute approximate surface area is 102 Å². The zero-order chi connectivity index (χ0) is 13.7. The van der Waals surface area contributed by atoms with Crippen molar-refractivity contribution >= 4 is 17.6 Å². The number of nitrogens with one attached hydrogen (secondary N) is 1. The number of benzene rings is 1. The summed E-state index contributed by atoms with van der Waals surface area (Å²) in [5.74, 6) is -0.530. The van der Waals surface area contributed by atoms with Gasteiger partial charge in [0.05, 0.1) is 10.5 Å². The van der Waals surface area contributed by atoms with E-state index in [4.69, 9.17) is 10.5 Å². The van der Waals surface area contributed by atoms with E-state index in [1.807, 2.05) is 5.32 Å². The van der Waals surface area contributed by atoms with E-state index < -0.39 is 23.5 Å². The van der Waals surface area contributed by atoms with E-state index in [-0.39, 0.29) is 11.4 Å². The number of urea groups is 1. The lowest BCUT2D eigenvalue weighted by Gasteiger charge is -2.08. The SMILES string of the molecule is Cc1c(OCC(=O)NC(N)=O)cccc1[N+](=O)[O-]. The minimum atomic E-state index is -0.987. The predicted molar refractivity (Wildman–Crippen MR) is 61.1 cm³/mol. The molecule has 96 valence electrons. The molecule has 0 fully saturated rings. The van der Waals surface area contributed by atoms with Crippen LogP contribution in [0.3, 0.4) is 0 Å². The molecule has 3 amide bonds. The summed E-state index contributed by atoms with van der Waals surface area (Å²) in [6.07, 6.45) is 0. The molecule has 0 radical (unpaired) electrons. The summed E-state index contributed by atoms with van der Waals surface area (Å²) in [6, 6.07) is 3.26. The Hall–Kier alpha value is -2.64. The van der Waals surface area contributed by atoms with Gasteiger partial charge in [-0.2, -0.15) is 0 Å². The molecular formula is C10H11N3O5. The molecule has 0 saturated carbocycles. The van der Waals surface area contributed by atoms with E-state index in [1.165, 1.54) is 25.1 Å². The van der Waals surface area contributed by atoms with Crippen molar-refractivity contribution < 1.29 is 19.2 Å². The van der Waals surface area contributed by atoms with Gasteiger partial charge in [-0.25, -0.2) is 4.79 Å². The second-order valence-corrected chi connectivity index (χ2v) is 3.36. The van der Waals surface area contributed by atoms with Crippen LogP contribution in [0.15, 0.2) is 18.2 Å². The van der Waals surface area contributed by atoms with Crippen molar-refractivity contribution in [2.45, 2.75) is 6.92 Å². The highest BCUT2D eigenvalue weighted by atomic mass is 16.6. The summed E-state index contributed by atoms with van der Waals surface area (Å²) in [5.41, 5.74) is 4.93. The molecule has 0 bridgehead atoms. The third-order valence-corrected chi connectivity index (χ3v) is 2.07. The molecule has 3 N–H and O–H groups in total. The molecule has 1 aromatic carbocycles. The highest BCUT2D eigenvalue weighted by Crippen LogP contribution is 2.26. The number of nitro groups is 1. The molecule has 1 rings (SSSR count). The fourth-order valence-electron chi connectivity index (χ4n) is 1.27. The highest BCUT2D eigenvalue weighted by molar-refractivity contribution is 5.94. The van der Waals surface area contributed by atoms with Crippen LogP contribution in [0.1, 0.15) is 5.56 Å². The maximum absolute atomic E-state index is 11.1. The summed E-state index contributed by atoms with van der Waals surface area (Å²) in [6.45, 7) is 1.05. The Balaban J connectivity index is 2.74. The molecule has 0 aromatic heterocycles. The average Bonchev–Trinajstić information content (AvgIpc) is 2.26. The van der Waals surface area contributed by atoms with Crippen molar-refractivity contribution in [3.8, 4) is 5.75 Å². The van der Waals surface area contributed by atoms with Crippen LogP contribution in [0.5, 0.6) is 5.75 Å². The van der Waals surface area contributed by atoms with Gasteiger partial charge in [-0.1, -0.05) is 6.07 Å². The van der Waals surface area contributed by atoms with Gasteiger partial charge >= 0.3 is 6.03 Å². The number of nitro benzene ring substituents is 1. The predicted octanol–water partition coefficient (Wildman–Crippen LogP) is 0.477. The van der Waals surface area contributed by atoms with Crippen molar-refractivity contribution in [2.24, 2.45) is 5.73 Å². The van der Waals surface area contributed by atoms with Crippen molar-refractivity contribution in [1.82, 2.24) is 5.32 Å². The summed E-state index contributed by atoms with van der Waals surface area (Å²) in [7, 11) is 0. The zero-order valence-electron chi connectivity index (χ0n) is 9.50. The van der Waals surface area contributed by atoms with Crippen LogP contribution in [-0.4, -0.2) is 23.5 Å². The Morgan fingerprint density at radius 2 is 2.17 bits per heavy atom. The third kappa shape index (κ3) is 3.44. The maximum Gasteiger partial charge on any atom is 0.318 e. The molecular weight excluding hydrogens is 242 g/mol. The highest BCUT2D eigenvalue weighted by Gasteiger charge is 2.15. The Kier molecular flexibility index (Phi) is 4.19. The second kappa shape index (κ2) is 5.62. The van der Waals surface area contributed by atoms with E-state index in [2.05, 4.69) is 0 Å². The third-order valence-electron chi connectivity index (χ3n) is 2.07. The van der Waals surface area contributed by atoms with Gasteiger partial charge in [0.15, 0.2) is 6.61 Å². The standard InChI is InChI=1S/C10H11N3O5/c1-6-7(13(16)17)3-2-4-8(6)18-5-9(14)12-10(11)15/h2-4H,5H2,1H3,(H3,11,12,14,15). The summed E-state index contributed by atoms with van der Waals surface area (Å²) >= 11 is 0. The van der Waals surface area contributed by atoms with Crippen molar-refractivity contribution in [3.63, 3.8) is 0 Å². The average molecular weight is 253 g/mol. The molecule has 0 heterocycles. The number of nitrogens with two attached hydrogens (primary N) is 1. The molecule has 0 aliphatic carbocycles. The van der Waals surface area contributed by atoms with Crippen LogP contribution in [0, 0.1) is 17.0 Å². The molecule has 0 saturated heterocycles. The largest absolute Gasteiger partial charge is 0.483 e. The van der Waals surface area contributed by atoms with Gasteiger partial charge in [0.1, 0.15) is 5.75 Å². The van der Waals surface area contributed by atoms with Crippen molar-refractivity contribution in [1.29, 1.82) is 0 Å². The molecule has 0 unspecified atom stereocenters. The van der Waals surface area contributed by atoms with Gasteiger partial charge in [0.2, 0.25) is 0 Å². The minimum absolute atomic E-state index is 0.109. The van der Waals surface area contributed by atoms with Gasteiger partial charge in [0, 0.05) is 6.07 Å². The molecule has 0 aliphatic heterocycles. The first-order chi connectivity index (χ1) is 8.41. The van der Waals surface area contributed by atoms with Gasteiger partial charge in [0.25, 0.3) is 11.6 Å². The van der Waals surface area contributed by atoms with Crippen LogP contribution in [0.2, 0.25) is 0 Å². The van der Waals surface area contributed by atoms with Gasteiger partial charge in [-0.05, 0) is 13.0 Å². The van der Waals surface area contributed by atoms with E-state index in [0.717, 1.165) is 0 Å². The Bertz CT molecular complexity index is 500. The number of hydrogen-bond acceptors (Lipinski definition) is 5. The first-order valence-corrected chi connectivity index (χ1v) is 4.88. The molecule has 0 atom stereocenters. The number of nitrogens with zero attached hydrogens (tertiary/aromatic N) is 1. The maximum atomic E-state index is 11.1. The Morgan fingerprint density at radius 1 is 1.50 bits per heavy atom. The van der Waals surface area contributed by atoms with Crippen molar-refractivity contribution in [2.75, 3.05) is 6.61 Å². The van der Waals surface area contributed by atoms with E-state index in [9.17, 15) is 19.7 Å². The second-order valence-electron chi connectivity index (χ2n) is 3.36. The van der Waals surface area contributed by atoms with Crippen LogP contribution in [0.4, 0.5) is 10.5 Å².